The SMILES string of the molecule is [C-]#[N+]CC1(c2cccc(C(F)(F)F)c2)CCC1. The molecule has 0 amide bonds. The van der Waals surface area contributed by atoms with Crippen molar-refractivity contribution >= 4 is 0 Å². The predicted octanol–water partition coefficient (Wildman–Crippen LogP) is 4.05. The van der Waals surface area contributed by atoms with E-state index in [4.69, 9.17) is 6.57 Å². The first kappa shape index (κ1) is 12.0. The Bertz CT molecular complexity index is 452. The molecular formula is C13H12F3N. The lowest BCUT2D eigenvalue weighted by molar-refractivity contribution is -0.137. The highest BCUT2D eigenvalue weighted by Crippen LogP contribution is 2.45. The molecule has 1 saturated carbocycles. The number of benzene rings is 1. The lowest BCUT2D eigenvalue weighted by atomic mass is 9.64. The fourth-order valence-electron chi connectivity index (χ4n) is 2.32. The summed E-state index contributed by atoms with van der Waals surface area (Å²) >= 11 is 0. The molecule has 0 spiro atoms. The molecule has 0 unspecified atom stereocenters. The van der Waals surface area contributed by atoms with Gasteiger partial charge in [-0.15, -0.1) is 0 Å². The molecule has 90 valence electrons. The summed E-state index contributed by atoms with van der Waals surface area (Å²) in [4.78, 5) is 3.37. The molecule has 0 N–H and O–H groups in total. The minimum atomic E-state index is -4.31. The van der Waals surface area contributed by atoms with Crippen LogP contribution in [0.1, 0.15) is 30.4 Å². The Labute approximate surface area is 98.1 Å². The molecule has 2 rings (SSSR count). The molecule has 1 aliphatic carbocycles. The van der Waals surface area contributed by atoms with Crippen molar-refractivity contribution in [2.45, 2.75) is 30.9 Å². The van der Waals surface area contributed by atoms with Gasteiger partial charge in [0.2, 0.25) is 6.54 Å². The van der Waals surface area contributed by atoms with E-state index < -0.39 is 11.7 Å². The lowest BCUT2D eigenvalue weighted by Crippen LogP contribution is -2.37. The average molecular weight is 239 g/mol. The van der Waals surface area contributed by atoms with E-state index in [-0.39, 0.29) is 12.0 Å². The molecule has 0 heterocycles. The summed E-state index contributed by atoms with van der Waals surface area (Å²) in [7, 11) is 0. The number of nitrogens with zero attached hydrogens (tertiary/aromatic N) is 1. The van der Waals surface area contributed by atoms with Crippen LogP contribution >= 0.6 is 0 Å². The molecule has 1 fully saturated rings. The molecule has 0 aliphatic heterocycles. The summed E-state index contributed by atoms with van der Waals surface area (Å²) in [6.07, 6.45) is -1.68. The molecule has 1 aromatic rings. The van der Waals surface area contributed by atoms with E-state index in [2.05, 4.69) is 4.85 Å². The Morgan fingerprint density at radius 3 is 2.47 bits per heavy atom. The van der Waals surface area contributed by atoms with E-state index in [0.717, 1.165) is 25.3 Å². The third-order valence-electron chi connectivity index (χ3n) is 3.49. The zero-order chi connectivity index (χ0) is 12.5. The molecule has 1 aromatic carbocycles. The minimum absolute atomic E-state index is 0.286. The maximum Gasteiger partial charge on any atom is 0.416 e. The molecular weight excluding hydrogens is 227 g/mol. The summed E-state index contributed by atoms with van der Waals surface area (Å²) in [5, 5.41) is 0. The molecule has 0 aromatic heterocycles. The maximum atomic E-state index is 12.6. The van der Waals surface area contributed by atoms with Gasteiger partial charge in [0, 0.05) is 0 Å². The van der Waals surface area contributed by atoms with Crippen molar-refractivity contribution in [3.63, 3.8) is 0 Å². The van der Waals surface area contributed by atoms with Gasteiger partial charge in [-0.3, -0.25) is 0 Å². The van der Waals surface area contributed by atoms with Gasteiger partial charge in [0.15, 0.2) is 0 Å². The van der Waals surface area contributed by atoms with Crippen LogP contribution in [0.2, 0.25) is 0 Å². The topological polar surface area (TPSA) is 4.36 Å². The number of hydrogen-bond donors (Lipinski definition) is 0. The van der Waals surface area contributed by atoms with Crippen LogP contribution in [0.25, 0.3) is 4.85 Å². The molecule has 4 heteroatoms. The Kier molecular flexibility index (Phi) is 2.86. The second kappa shape index (κ2) is 4.06. The molecule has 0 bridgehead atoms. The minimum Gasteiger partial charge on any atom is -0.316 e. The molecule has 0 radical (unpaired) electrons. The Hall–Kier alpha value is -1.50. The highest BCUT2D eigenvalue weighted by atomic mass is 19.4. The fraction of sp³-hybridized carbons (Fsp3) is 0.462. The smallest absolute Gasteiger partial charge is 0.316 e. The first-order valence-corrected chi connectivity index (χ1v) is 5.49. The molecule has 17 heavy (non-hydrogen) atoms. The van der Waals surface area contributed by atoms with Crippen LogP contribution < -0.4 is 0 Å². The van der Waals surface area contributed by atoms with E-state index in [9.17, 15) is 13.2 Å². The van der Waals surface area contributed by atoms with Gasteiger partial charge in [-0.25, -0.2) is 6.57 Å². The van der Waals surface area contributed by atoms with Crippen molar-refractivity contribution in [2.24, 2.45) is 0 Å². The van der Waals surface area contributed by atoms with E-state index >= 15 is 0 Å². The summed E-state index contributed by atoms with van der Waals surface area (Å²) in [6.45, 7) is 7.21. The van der Waals surface area contributed by atoms with Crippen LogP contribution in [0.5, 0.6) is 0 Å². The van der Waals surface area contributed by atoms with E-state index in [1.165, 1.54) is 12.1 Å². The van der Waals surface area contributed by atoms with Gasteiger partial charge in [0.1, 0.15) is 0 Å². The molecule has 0 saturated heterocycles. The first-order chi connectivity index (χ1) is 7.98. The monoisotopic (exact) mass is 239 g/mol. The zero-order valence-electron chi connectivity index (χ0n) is 9.22. The standard InChI is InChI=1S/C13H12F3N/c1-17-9-12(6-3-7-12)10-4-2-5-11(8-10)13(14,15)16/h2,4-5,8H,3,6-7,9H2. The van der Waals surface area contributed by atoms with Crippen LogP contribution in [0, 0.1) is 6.57 Å². The van der Waals surface area contributed by atoms with Crippen LogP contribution in [0.3, 0.4) is 0 Å². The Morgan fingerprint density at radius 1 is 1.29 bits per heavy atom. The highest BCUT2D eigenvalue weighted by molar-refractivity contribution is 5.34. The normalized spacial score (nSPS) is 18.2. The van der Waals surface area contributed by atoms with Gasteiger partial charge in [-0.1, -0.05) is 24.6 Å². The number of hydrogen-bond acceptors (Lipinski definition) is 0. The third kappa shape index (κ3) is 2.14. The third-order valence-corrected chi connectivity index (χ3v) is 3.49. The largest absolute Gasteiger partial charge is 0.416 e. The second-order valence-electron chi connectivity index (χ2n) is 4.53. The van der Waals surface area contributed by atoms with Crippen LogP contribution in [-0.2, 0) is 11.6 Å². The average Bonchev–Trinajstić information content (AvgIpc) is 2.22. The second-order valence-corrected chi connectivity index (χ2v) is 4.53. The predicted molar refractivity (Wildman–Crippen MR) is 58.4 cm³/mol. The lowest BCUT2D eigenvalue weighted by Gasteiger charge is -2.38. The van der Waals surface area contributed by atoms with E-state index in [0.29, 0.717) is 5.56 Å². The molecule has 1 nitrogen and oxygen atoms in total. The summed E-state index contributed by atoms with van der Waals surface area (Å²) in [6, 6.07) is 5.42. The van der Waals surface area contributed by atoms with Crippen molar-refractivity contribution < 1.29 is 13.2 Å². The number of alkyl halides is 3. The molecule has 0 atom stereocenters. The zero-order valence-corrected chi connectivity index (χ0v) is 9.22. The van der Waals surface area contributed by atoms with E-state index in [1.54, 1.807) is 6.07 Å². The van der Waals surface area contributed by atoms with Crippen molar-refractivity contribution in [3.05, 3.63) is 46.8 Å². The van der Waals surface area contributed by atoms with Gasteiger partial charge in [0.05, 0.1) is 11.0 Å². The van der Waals surface area contributed by atoms with Crippen LogP contribution in [0.4, 0.5) is 13.2 Å². The van der Waals surface area contributed by atoms with Gasteiger partial charge in [-0.2, -0.15) is 13.2 Å². The fourth-order valence-corrected chi connectivity index (χ4v) is 2.32. The van der Waals surface area contributed by atoms with Crippen LogP contribution in [0.15, 0.2) is 24.3 Å². The Morgan fingerprint density at radius 2 is 2.00 bits per heavy atom. The number of rotatable bonds is 2. The Balaban J connectivity index is 2.36. The van der Waals surface area contributed by atoms with Gasteiger partial charge in [0.25, 0.3) is 0 Å². The van der Waals surface area contributed by atoms with Gasteiger partial charge in [-0.05, 0) is 24.5 Å². The maximum absolute atomic E-state index is 12.6. The van der Waals surface area contributed by atoms with Crippen LogP contribution in [-0.4, -0.2) is 6.54 Å². The summed E-state index contributed by atoms with van der Waals surface area (Å²) in [5.74, 6) is 0. The quantitative estimate of drug-likeness (QED) is 0.686. The summed E-state index contributed by atoms with van der Waals surface area (Å²) in [5.41, 5.74) is -0.288. The van der Waals surface area contributed by atoms with Crippen molar-refractivity contribution in [3.8, 4) is 0 Å². The molecule has 1 aliphatic rings. The van der Waals surface area contributed by atoms with Crippen molar-refractivity contribution in [1.29, 1.82) is 0 Å². The summed E-state index contributed by atoms with van der Waals surface area (Å²) < 4.78 is 37.8. The van der Waals surface area contributed by atoms with E-state index in [1.807, 2.05) is 0 Å². The number of halogens is 3. The van der Waals surface area contributed by atoms with Gasteiger partial charge >= 0.3 is 6.18 Å². The first-order valence-electron chi connectivity index (χ1n) is 5.49. The van der Waals surface area contributed by atoms with Crippen molar-refractivity contribution in [2.75, 3.05) is 6.54 Å². The van der Waals surface area contributed by atoms with Gasteiger partial charge < -0.3 is 4.85 Å². The van der Waals surface area contributed by atoms with Crippen molar-refractivity contribution in [1.82, 2.24) is 0 Å². The highest BCUT2D eigenvalue weighted by Gasteiger charge is 2.43.